The first-order valence-electron chi connectivity index (χ1n) is 5.35. The Morgan fingerprint density at radius 3 is 2.88 bits per heavy atom. The number of aliphatic hydroxyl groups is 2. The zero-order valence-electron chi connectivity index (χ0n) is 9.57. The first kappa shape index (κ1) is 12.3. The molecule has 5 atom stereocenters. The lowest BCUT2D eigenvalue weighted by Crippen LogP contribution is -2.58. The predicted octanol–water partition coefficient (Wildman–Crippen LogP) is -1.19. The smallest absolute Gasteiger partial charge is 0.303 e. The molecule has 0 aromatic heterocycles. The van der Waals surface area contributed by atoms with Crippen LogP contribution in [-0.2, 0) is 19.0 Å². The topological polar surface area (TPSA) is 97.6 Å². The first-order chi connectivity index (χ1) is 8.02. The molecule has 0 bridgehead atoms. The average molecular weight is 245 g/mol. The number of esters is 1. The lowest BCUT2D eigenvalue weighted by atomic mass is 9.97. The number of aliphatic hydroxyl groups excluding tert-OH is 2. The summed E-state index contributed by atoms with van der Waals surface area (Å²) in [6.45, 7) is 2.51. The zero-order valence-corrected chi connectivity index (χ0v) is 9.57. The van der Waals surface area contributed by atoms with Crippen molar-refractivity contribution < 1.29 is 29.2 Å². The number of aliphatic imine (C=N–C) groups is 1. The van der Waals surface area contributed by atoms with E-state index in [0.717, 1.165) is 0 Å². The van der Waals surface area contributed by atoms with Crippen LogP contribution in [0.3, 0.4) is 0 Å². The van der Waals surface area contributed by atoms with Gasteiger partial charge in [0.15, 0.2) is 18.0 Å². The van der Waals surface area contributed by atoms with Gasteiger partial charge < -0.3 is 24.4 Å². The van der Waals surface area contributed by atoms with Gasteiger partial charge in [-0.3, -0.25) is 4.79 Å². The van der Waals surface area contributed by atoms with E-state index in [9.17, 15) is 9.90 Å². The third-order valence-corrected chi connectivity index (χ3v) is 2.74. The highest BCUT2D eigenvalue weighted by molar-refractivity contribution is 5.75. The lowest BCUT2D eigenvalue weighted by Gasteiger charge is -2.38. The summed E-state index contributed by atoms with van der Waals surface area (Å²) in [5, 5.41) is 19.0. The minimum absolute atomic E-state index is 0.384. The summed E-state index contributed by atoms with van der Waals surface area (Å²) in [6, 6.07) is -0.586. The van der Waals surface area contributed by atoms with Crippen LogP contribution in [0.25, 0.3) is 0 Å². The molecule has 0 unspecified atom stereocenters. The minimum atomic E-state index is -1.12. The fourth-order valence-corrected chi connectivity index (χ4v) is 2.02. The van der Waals surface area contributed by atoms with Crippen LogP contribution in [0.5, 0.6) is 0 Å². The van der Waals surface area contributed by atoms with Gasteiger partial charge in [0, 0.05) is 13.8 Å². The van der Waals surface area contributed by atoms with E-state index in [4.69, 9.17) is 19.3 Å². The summed E-state index contributed by atoms with van der Waals surface area (Å²) in [6.07, 6.45) is -3.55. The van der Waals surface area contributed by atoms with E-state index in [1.807, 2.05) is 0 Å². The molecule has 2 rings (SSSR count). The van der Waals surface area contributed by atoms with Gasteiger partial charge in [-0.05, 0) is 0 Å². The van der Waals surface area contributed by atoms with Gasteiger partial charge >= 0.3 is 5.97 Å². The molecule has 7 heteroatoms. The van der Waals surface area contributed by atoms with Crippen LogP contribution in [0.1, 0.15) is 13.8 Å². The van der Waals surface area contributed by atoms with Crippen LogP contribution in [0, 0.1) is 0 Å². The molecular weight excluding hydrogens is 230 g/mol. The SMILES string of the molecule is CC(=O)O[C@H]1[C@@H](O)[C@@H](CO)O[C@@H]2OC(C)=N[C@@H]21. The molecule has 1 fully saturated rings. The summed E-state index contributed by atoms with van der Waals surface area (Å²) in [5.74, 6) is -0.117. The second-order valence-corrected chi connectivity index (χ2v) is 4.05. The second kappa shape index (κ2) is 4.59. The van der Waals surface area contributed by atoms with Gasteiger partial charge in [0.25, 0.3) is 0 Å². The molecule has 0 aliphatic carbocycles. The Hall–Kier alpha value is -1.18. The van der Waals surface area contributed by atoms with Crippen molar-refractivity contribution in [3.05, 3.63) is 0 Å². The van der Waals surface area contributed by atoms with Crippen molar-refractivity contribution in [2.75, 3.05) is 6.61 Å². The van der Waals surface area contributed by atoms with Gasteiger partial charge in [-0.1, -0.05) is 0 Å². The summed E-state index contributed by atoms with van der Waals surface area (Å²) in [7, 11) is 0. The number of hydrogen-bond donors (Lipinski definition) is 2. The van der Waals surface area contributed by atoms with Crippen molar-refractivity contribution in [3.8, 4) is 0 Å². The number of nitrogens with zero attached hydrogens (tertiary/aromatic N) is 1. The highest BCUT2D eigenvalue weighted by Gasteiger charge is 2.50. The molecule has 0 aromatic carbocycles. The molecule has 0 aromatic rings. The summed E-state index contributed by atoms with van der Waals surface area (Å²) < 4.78 is 15.6. The van der Waals surface area contributed by atoms with Crippen molar-refractivity contribution in [1.82, 2.24) is 0 Å². The van der Waals surface area contributed by atoms with Gasteiger partial charge in [-0.15, -0.1) is 0 Å². The summed E-state index contributed by atoms with van der Waals surface area (Å²) in [4.78, 5) is 15.1. The summed E-state index contributed by atoms with van der Waals surface area (Å²) in [5.41, 5.74) is 0. The van der Waals surface area contributed by atoms with Crippen LogP contribution in [0.4, 0.5) is 0 Å². The van der Waals surface area contributed by atoms with Crippen LogP contribution >= 0.6 is 0 Å². The highest BCUT2D eigenvalue weighted by Crippen LogP contribution is 2.30. The molecule has 17 heavy (non-hydrogen) atoms. The highest BCUT2D eigenvalue weighted by atomic mass is 16.7. The Kier molecular flexibility index (Phi) is 3.32. The van der Waals surface area contributed by atoms with Gasteiger partial charge in [0.1, 0.15) is 12.2 Å². The third kappa shape index (κ3) is 2.26. The number of carbonyl (C=O) groups is 1. The number of fused-ring (bicyclic) bond motifs is 1. The van der Waals surface area contributed by atoms with Crippen LogP contribution < -0.4 is 0 Å². The monoisotopic (exact) mass is 245 g/mol. The predicted molar refractivity (Wildman–Crippen MR) is 55.3 cm³/mol. The van der Waals surface area contributed by atoms with Gasteiger partial charge in [0.05, 0.1) is 6.61 Å². The molecule has 0 spiro atoms. The fraction of sp³-hybridized carbons (Fsp3) is 0.800. The maximum atomic E-state index is 11.0. The maximum Gasteiger partial charge on any atom is 0.303 e. The molecular formula is C10H15NO6. The van der Waals surface area contributed by atoms with Crippen LogP contribution in [-0.4, -0.2) is 59.3 Å². The Bertz CT molecular complexity index is 344. The maximum absolute atomic E-state index is 11.0. The third-order valence-electron chi connectivity index (χ3n) is 2.74. The Morgan fingerprint density at radius 1 is 1.59 bits per heavy atom. The molecule has 0 radical (unpaired) electrons. The van der Waals surface area contributed by atoms with Crippen molar-refractivity contribution in [1.29, 1.82) is 0 Å². The minimum Gasteiger partial charge on any atom is -0.457 e. The number of rotatable bonds is 2. The average Bonchev–Trinajstić information content (AvgIpc) is 2.62. The van der Waals surface area contributed by atoms with Gasteiger partial charge in [0.2, 0.25) is 6.29 Å². The molecule has 0 saturated carbocycles. The molecule has 1 saturated heterocycles. The van der Waals surface area contributed by atoms with Crippen molar-refractivity contribution in [2.24, 2.45) is 4.99 Å². The van der Waals surface area contributed by atoms with Crippen molar-refractivity contribution in [3.63, 3.8) is 0 Å². The lowest BCUT2D eigenvalue weighted by molar-refractivity contribution is -0.240. The fourth-order valence-electron chi connectivity index (χ4n) is 2.02. The molecule has 0 amide bonds. The van der Waals surface area contributed by atoms with E-state index in [1.54, 1.807) is 6.92 Å². The Labute approximate surface area is 98.0 Å². The quantitative estimate of drug-likeness (QED) is 0.594. The second-order valence-electron chi connectivity index (χ2n) is 4.05. The molecule has 96 valence electrons. The Balaban J connectivity index is 2.19. The van der Waals surface area contributed by atoms with E-state index >= 15 is 0 Å². The standard InChI is InChI=1S/C10H15NO6/c1-4-11-7-9(16-5(2)13)8(14)6(3-12)17-10(7)15-4/h6-10,12,14H,3H2,1-2H3/t6-,7-,8+,9-,10+/m1/s1. The van der Waals surface area contributed by atoms with Crippen molar-refractivity contribution in [2.45, 2.75) is 44.5 Å². The van der Waals surface area contributed by atoms with E-state index < -0.39 is 36.6 Å². The van der Waals surface area contributed by atoms with E-state index in [2.05, 4.69) is 4.99 Å². The molecule has 2 heterocycles. The number of hydrogen-bond acceptors (Lipinski definition) is 7. The first-order valence-corrected chi connectivity index (χ1v) is 5.35. The zero-order chi connectivity index (χ0) is 12.6. The van der Waals surface area contributed by atoms with Crippen LogP contribution in [0.15, 0.2) is 4.99 Å². The van der Waals surface area contributed by atoms with E-state index in [-0.39, 0.29) is 6.61 Å². The summed E-state index contributed by atoms with van der Waals surface area (Å²) >= 11 is 0. The van der Waals surface area contributed by atoms with E-state index in [1.165, 1.54) is 6.92 Å². The number of carbonyl (C=O) groups excluding carboxylic acids is 1. The molecule has 2 aliphatic rings. The normalized spacial score (nSPS) is 40.2. The van der Waals surface area contributed by atoms with Gasteiger partial charge in [-0.25, -0.2) is 4.99 Å². The van der Waals surface area contributed by atoms with Crippen LogP contribution in [0.2, 0.25) is 0 Å². The number of ether oxygens (including phenoxy) is 3. The molecule has 2 aliphatic heterocycles. The Morgan fingerprint density at radius 2 is 2.29 bits per heavy atom. The van der Waals surface area contributed by atoms with E-state index in [0.29, 0.717) is 5.90 Å². The largest absolute Gasteiger partial charge is 0.457 e. The molecule has 2 N–H and O–H groups in total. The van der Waals surface area contributed by atoms with Gasteiger partial charge in [-0.2, -0.15) is 0 Å². The molecule has 7 nitrogen and oxygen atoms in total. The van der Waals surface area contributed by atoms with Crippen molar-refractivity contribution >= 4 is 11.9 Å².